The van der Waals surface area contributed by atoms with Gasteiger partial charge in [0, 0.05) is 6.42 Å². The van der Waals surface area contributed by atoms with E-state index in [2.05, 4.69) is 70.8 Å². The summed E-state index contributed by atoms with van der Waals surface area (Å²) >= 11 is 0. The predicted molar refractivity (Wildman–Crippen MR) is 70.9 cm³/mol. The van der Waals surface area contributed by atoms with Crippen molar-refractivity contribution in [2.75, 3.05) is 69.5 Å². The molecule has 0 aliphatic carbocycles. The Morgan fingerprint density at radius 1 is 1.06 bits per heavy atom. The smallest absolute Gasteiger partial charge is 0.331 e. The lowest BCUT2D eigenvalue weighted by molar-refractivity contribution is -0.870. The highest BCUT2D eigenvalue weighted by molar-refractivity contribution is 5.74. The third-order valence-electron chi connectivity index (χ3n) is 2.46. The summed E-state index contributed by atoms with van der Waals surface area (Å²) in [6, 6.07) is 0. The van der Waals surface area contributed by atoms with Gasteiger partial charge in [-0.2, -0.15) is 0 Å². The number of hydrogen-bond acceptors (Lipinski definition) is 0. The van der Waals surface area contributed by atoms with Crippen LogP contribution in [-0.4, -0.2) is 94.3 Å². The third kappa shape index (κ3) is 5.95. The molecule has 0 aromatic rings. The van der Waals surface area contributed by atoms with E-state index >= 15 is 0 Å². The topological polar surface area (TPSA) is 9.49 Å². The zero-order valence-corrected chi connectivity index (χ0v) is 12.4. The molecular weight excluding hydrogens is 200 g/mol. The molecule has 4 nitrogen and oxygen atoms in total. The van der Waals surface area contributed by atoms with E-state index in [0.29, 0.717) is 0 Å². The number of nitrogens with zero attached hydrogens (tertiary/aromatic N) is 4. The summed E-state index contributed by atoms with van der Waals surface area (Å²) in [7, 11) is 17.2. The van der Waals surface area contributed by atoms with E-state index in [-0.39, 0.29) is 0 Å². The molecule has 0 aliphatic heterocycles. The summed E-state index contributed by atoms with van der Waals surface area (Å²) in [6.07, 6.45) is 1.21. The number of hydrogen-bond donors (Lipinski definition) is 0. The quantitative estimate of drug-likeness (QED) is 0.295. The van der Waals surface area contributed by atoms with Crippen LogP contribution in [0.25, 0.3) is 0 Å². The summed E-state index contributed by atoms with van der Waals surface area (Å²) < 4.78 is 3.19. The lowest BCUT2D eigenvalue weighted by Crippen LogP contribution is -2.45. The van der Waals surface area contributed by atoms with Crippen molar-refractivity contribution in [1.29, 1.82) is 0 Å². The first-order valence-corrected chi connectivity index (χ1v) is 5.88. The van der Waals surface area contributed by atoms with E-state index < -0.39 is 0 Å². The lowest BCUT2D eigenvalue weighted by atomic mass is 10.3. The van der Waals surface area contributed by atoms with E-state index in [1.807, 2.05) is 0 Å². The Balaban J connectivity index is 4.25. The van der Waals surface area contributed by atoms with Gasteiger partial charge in [-0.15, -0.1) is 0 Å². The van der Waals surface area contributed by atoms with E-state index in [9.17, 15) is 0 Å². The normalized spacial score (nSPS) is 11.2. The lowest BCUT2D eigenvalue weighted by Gasteiger charge is -2.26. The average molecular weight is 230 g/mol. The van der Waals surface area contributed by atoms with Crippen molar-refractivity contribution in [1.82, 2.24) is 9.80 Å². The Bertz CT molecular complexity index is 234. The van der Waals surface area contributed by atoms with Gasteiger partial charge < -0.3 is 4.48 Å². The molecule has 0 spiro atoms. The molecule has 16 heavy (non-hydrogen) atoms. The van der Waals surface area contributed by atoms with Crippen molar-refractivity contribution in [2.24, 2.45) is 0 Å². The molecule has 0 amide bonds. The molecule has 0 atom stereocenters. The van der Waals surface area contributed by atoms with Crippen molar-refractivity contribution >= 4 is 5.96 Å². The maximum absolute atomic E-state index is 2.32. The molecule has 0 saturated heterocycles. The van der Waals surface area contributed by atoms with Crippen LogP contribution < -0.4 is 0 Å². The summed E-state index contributed by atoms with van der Waals surface area (Å²) in [5.41, 5.74) is 0. The first kappa shape index (κ1) is 15.2. The highest BCUT2D eigenvalue weighted by atomic mass is 15.4. The summed E-state index contributed by atoms with van der Waals surface area (Å²) in [6.45, 7) is 2.31. The molecule has 0 heterocycles. The van der Waals surface area contributed by atoms with Crippen LogP contribution in [0, 0.1) is 0 Å². The Hall–Kier alpha value is -0.770. The molecule has 0 unspecified atom stereocenters. The van der Waals surface area contributed by atoms with Crippen LogP contribution >= 0.6 is 0 Å². The molecule has 0 radical (unpaired) electrons. The first-order valence-electron chi connectivity index (χ1n) is 5.88. The minimum atomic E-state index is 1.03. The highest BCUT2D eigenvalue weighted by Crippen LogP contribution is 1.97. The SMILES string of the molecule is CN(C)C(N(C)CCC[N+](C)(C)C)=[N+](C)C. The molecule has 4 heteroatoms. The van der Waals surface area contributed by atoms with Crippen LogP contribution in [0.15, 0.2) is 0 Å². The van der Waals surface area contributed by atoms with E-state index in [4.69, 9.17) is 0 Å². The van der Waals surface area contributed by atoms with Crippen LogP contribution in [0.3, 0.4) is 0 Å². The van der Waals surface area contributed by atoms with Crippen LogP contribution in [0.5, 0.6) is 0 Å². The minimum absolute atomic E-state index is 1.03. The van der Waals surface area contributed by atoms with Crippen molar-refractivity contribution in [3.05, 3.63) is 0 Å². The molecule has 0 aromatic carbocycles. The van der Waals surface area contributed by atoms with Crippen LogP contribution in [0.1, 0.15) is 6.42 Å². The molecular formula is C12H30N4+2. The number of rotatable bonds is 4. The first-order chi connectivity index (χ1) is 7.15. The maximum atomic E-state index is 2.32. The Morgan fingerprint density at radius 3 is 1.88 bits per heavy atom. The van der Waals surface area contributed by atoms with Gasteiger partial charge in [-0.1, -0.05) is 0 Å². The van der Waals surface area contributed by atoms with Gasteiger partial charge in [0.1, 0.15) is 0 Å². The molecule has 0 aliphatic rings. The van der Waals surface area contributed by atoms with Gasteiger partial charge in [-0.3, -0.25) is 14.4 Å². The molecule has 0 aromatic heterocycles. The molecule has 0 bridgehead atoms. The highest BCUT2D eigenvalue weighted by Gasteiger charge is 2.18. The number of quaternary nitrogens is 1. The van der Waals surface area contributed by atoms with Crippen LogP contribution in [0.2, 0.25) is 0 Å². The van der Waals surface area contributed by atoms with Gasteiger partial charge >= 0.3 is 5.96 Å². The van der Waals surface area contributed by atoms with Crippen LogP contribution in [-0.2, 0) is 0 Å². The third-order valence-corrected chi connectivity index (χ3v) is 2.46. The van der Waals surface area contributed by atoms with Crippen molar-refractivity contribution in [2.45, 2.75) is 6.42 Å². The fourth-order valence-electron chi connectivity index (χ4n) is 1.97. The Morgan fingerprint density at radius 2 is 1.56 bits per heavy atom. The maximum Gasteiger partial charge on any atom is 0.349 e. The number of guanidine groups is 1. The van der Waals surface area contributed by atoms with Gasteiger partial charge in [0.2, 0.25) is 0 Å². The minimum Gasteiger partial charge on any atom is -0.331 e. The second-order valence-corrected chi connectivity index (χ2v) is 5.88. The van der Waals surface area contributed by atoms with Crippen molar-refractivity contribution in [3.8, 4) is 0 Å². The second-order valence-electron chi connectivity index (χ2n) is 5.88. The van der Waals surface area contributed by atoms with Crippen LogP contribution in [0.4, 0.5) is 0 Å². The summed E-state index contributed by atoms with van der Waals surface area (Å²) in [5, 5.41) is 0. The monoisotopic (exact) mass is 230 g/mol. The van der Waals surface area contributed by atoms with E-state index in [0.717, 1.165) is 11.0 Å². The Labute approximate surface area is 101 Å². The zero-order valence-electron chi connectivity index (χ0n) is 12.4. The van der Waals surface area contributed by atoms with Gasteiger partial charge in [-0.05, 0) is 0 Å². The summed E-state index contributed by atoms with van der Waals surface area (Å²) in [4.78, 5) is 4.47. The second kappa shape index (κ2) is 6.09. The average Bonchev–Trinajstić information content (AvgIpc) is 1.99. The molecule has 0 saturated carbocycles. The molecule has 0 fully saturated rings. The van der Waals surface area contributed by atoms with Gasteiger partial charge in [0.25, 0.3) is 0 Å². The van der Waals surface area contributed by atoms with Crippen molar-refractivity contribution in [3.63, 3.8) is 0 Å². The van der Waals surface area contributed by atoms with Gasteiger partial charge in [0.05, 0.1) is 69.5 Å². The van der Waals surface area contributed by atoms with Gasteiger partial charge in [0.15, 0.2) is 0 Å². The largest absolute Gasteiger partial charge is 0.349 e. The van der Waals surface area contributed by atoms with Crippen molar-refractivity contribution < 1.29 is 9.06 Å². The molecule has 0 N–H and O–H groups in total. The predicted octanol–water partition coefficient (Wildman–Crippen LogP) is 0.204. The fraction of sp³-hybridized carbons (Fsp3) is 0.917. The fourth-order valence-corrected chi connectivity index (χ4v) is 1.97. The van der Waals surface area contributed by atoms with Gasteiger partial charge in [-0.25, -0.2) is 0 Å². The van der Waals surface area contributed by atoms with E-state index in [1.54, 1.807) is 0 Å². The summed E-state index contributed by atoms with van der Waals surface area (Å²) in [5.74, 6) is 1.25. The molecule has 96 valence electrons. The Kier molecular flexibility index (Phi) is 5.79. The molecule has 0 rings (SSSR count). The zero-order chi connectivity index (χ0) is 12.9. The van der Waals surface area contributed by atoms with E-state index in [1.165, 1.54) is 18.9 Å². The standard InChI is InChI=1S/C12H30N4/c1-13(2)12(14(3)4)15(5)10-9-11-16(6,7)8/h9-11H2,1-8H3/q+2.